The summed E-state index contributed by atoms with van der Waals surface area (Å²) in [7, 11) is 0. The zero-order valence-electron chi connectivity index (χ0n) is 11.9. The third kappa shape index (κ3) is 2.96. The molecule has 1 aliphatic rings. The molecule has 20 heavy (non-hydrogen) atoms. The number of rotatable bonds is 3. The highest BCUT2D eigenvalue weighted by Crippen LogP contribution is 2.23. The minimum Gasteiger partial charge on any atom is -0.343 e. The van der Waals surface area contributed by atoms with E-state index in [0.29, 0.717) is 6.04 Å². The Hall–Kier alpha value is -1.53. The van der Waals surface area contributed by atoms with E-state index in [2.05, 4.69) is 31.7 Å². The van der Waals surface area contributed by atoms with Crippen molar-refractivity contribution in [2.45, 2.75) is 26.4 Å². The fourth-order valence-electron chi connectivity index (χ4n) is 2.55. The molecule has 1 aliphatic heterocycles. The molecule has 0 radical (unpaired) electrons. The van der Waals surface area contributed by atoms with Crippen molar-refractivity contribution in [2.24, 2.45) is 0 Å². The second-order valence-electron chi connectivity index (χ2n) is 5.24. The molecule has 1 fully saturated rings. The highest BCUT2D eigenvalue weighted by molar-refractivity contribution is 7.13. The molecule has 3 heterocycles. The zero-order valence-corrected chi connectivity index (χ0v) is 12.7. The van der Waals surface area contributed by atoms with E-state index in [1.165, 1.54) is 0 Å². The number of nitrogens with zero attached hydrogens (tertiary/aromatic N) is 5. The Bertz CT molecular complexity index is 539. The highest BCUT2D eigenvalue weighted by Gasteiger charge is 2.25. The lowest BCUT2D eigenvalue weighted by atomic mass is 10.2. The van der Waals surface area contributed by atoms with Gasteiger partial charge in [0.05, 0.1) is 11.4 Å². The van der Waals surface area contributed by atoms with Crippen LogP contribution in [-0.4, -0.2) is 45.5 Å². The summed E-state index contributed by atoms with van der Waals surface area (Å²) in [6.45, 7) is 8.20. The Morgan fingerprint density at radius 1 is 1.25 bits per heavy atom. The Morgan fingerprint density at radius 3 is 2.80 bits per heavy atom. The Labute approximate surface area is 123 Å². The second kappa shape index (κ2) is 5.85. The van der Waals surface area contributed by atoms with Crippen LogP contribution in [0.15, 0.2) is 24.0 Å². The first kappa shape index (κ1) is 13.5. The second-order valence-corrected chi connectivity index (χ2v) is 6.11. The van der Waals surface area contributed by atoms with E-state index in [1.807, 2.05) is 30.9 Å². The molecule has 5 nitrogen and oxygen atoms in total. The van der Waals surface area contributed by atoms with Crippen molar-refractivity contribution in [3.05, 3.63) is 35.4 Å². The van der Waals surface area contributed by atoms with Crippen molar-refractivity contribution < 1.29 is 0 Å². The normalized spacial score (nSPS) is 20.3. The van der Waals surface area contributed by atoms with Gasteiger partial charge in [0.15, 0.2) is 5.13 Å². The fraction of sp³-hybridized carbons (Fsp3) is 0.500. The molecule has 1 saturated heterocycles. The molecule has 0 N–H and O–H groups in total. The van der Waals surface area contributed by atoms with Crippen LogP contribution in [0.5, 0.6) is 0 Å². The van der Waals surface area contributed by atoms with E-state index in [0.717, 1.165) is 42.7 Å². The van der Waals surface area contributed by atoms with Crippen molar-refractivity contribution in [3.63, 3.8) is 0 Å². The molecule has 0 amide bonds. The van der Waals surface area contributed by atoms with Crippen molar-refractivity contribution in [3.8, 4) is 0 Å². The average molecular weight is 289 g/mol. The number of anilines is 1. The van der Waals surface area contributed by atoms with E-state index in [1.54, 1.807) is 11.3 Å². The van der Waals surface area contributed by atoms with Gasteiger partial charge in [0, 0.05) is 56.2 Å². The summed E-state index contributed by atoms with van der Waals surface area (Å²) in [6.07, 6.45) is 5.60. The Morgan fingerprint density at radius 2 is 2.15 bits per heavy atom. The molecule has 106 valence electrons. The summed E-state index contributed by atoms with van der Waals surface area (Å²) in [4.78, 5) is 18.0. The van der Waals surface area contributed by atoms with Gasteiger partial charge in [-0.25, -0.2) is 4.98 Å². The average Bonchev–Trinajstić information content (AvgIpc) is 2.95. The standard InChI is InChI=1S/C14H19N5S/c1-11-7-17-13(8-16-11)10-18-4-5-19(12(2)9-18)14-15-3-6-20-14/h3,6-8,12H,4-5,9-10H2,1-2H3/t12-/m0/s1. The van der Waals surface area contributed by atoms with Crippen LogP contribution in [0.4, 0.5) is 5.13 Å². The topological polar surface area (TPSA) is 45.2 Å². The molecule has 3 rings (SSSR count). The fourth-order valence-corrected chi connectivity index (χ4v) is 3.32. The van der Waals surface area contributed by atoms with Crippen LogP contribution in [0.2, 0.25) is 0 Å². The van der Waals surface area contributed by atoms with Gasteiger partial charge in [-0.3, -0.25) is 14.9 Å². The molecule has 0 saturated carbocycles. The number of aryl methyl sites for hydroxylation is 1. The largest absolute Gasteiger partial charge is 0.343 e. The van der Waals surface area contributed by atoms with Crippen molar-refractivity contribution >= 4 is 16.5 Å². The molecule has 6 heteroatoms. The maximum Gasteiger partial charge on any atom is 0.185 e. The van der Waals surface area contributed by atoms with E-state index in [-0.39, 0.29) is 0 Å². The maximum atomic E-state index is 4.44. The van der Waals surface area contributed by atoms with Gasteiger partial charge in [-0.1, -0.05) is 0 Å². The highest BCUT2D eigenvalue weighted by atomic mass is 32.1. The van der Waals surface area contributed by atoms with Gasteiger partial charge in [-0.05, 0) is 13.8 Å². The van der Waals surface area contributed by atoms with Crippen LogP contribution >= 0.6 is 11.3 Å². The van der Waals surface area contributed by atoms with E-state index in [4.69, 9.17) is 0 Å². The number of hydrogen-bond donors (Lipinski definition) is 0. The first-order valence-corrected chi connectivity index (χ1v) is 7.76. The summed E-state index contributed by atoms with van der Waals surface area (Å²) >= 11 is 1.71. The van der Waals surface area contributed by atoms with Crippen molar-refractivity contribution in [2.75, 3.05) is 24.5 Å². The zero-order chi connectivity index (χ0) is 13.9. The predicted octanol–water partition coefficient (Wildman–Crippen LogP) is 1.95. The molecule has 1 atom stereocenters. The van der Waals surface area contributed by atoms with Crippen molar-refractivity contribution in [1.29, 1.82) is 0 Å². The lowest BCUT2D eigenvalue weighted by Gasteiger charge is -2.39. The van der Waals surface area contributed by atoms with Gasteiger partial charge in [-0.2, -0.15) is 0 Å². The van der Waals surface area contributed by atoms with Crippen LogP contribution < -0.4 is 4.90 Å². The number of thiazole rings is 1. The van der Waals surface area contributed by atoms with Gasteiger partial charge in [0.2, 0.25) is 0 Å². The lowest BCUT2D eigenvalue weighted by Crippen LogP contribution is -2.51. The number of piperazine rings is 1. The quantitative estimate of drug-likeness (QED) is 0.864. The smallest absolute Gasteiger partial charge is 0.185 e. The summed E-state index contributed by atoms with van der Waals surface area (Å²) < 4.78 is 0. The van der Waals surface area contributed by atoms with Crippen LogP contribution in [0, 0.1) is 6.92 Å². The summed E-state index contributed by atoms with van der Waals surface area (Å²) in [5.74, 6) is 0. The molecule has 0 aliphatic carbocycles. The molecule has 0 spiro atoms. The maximum absolute atomic E-state index is 4.44. The molecule has 2 aromatic heterocycles. The summed E-state index contributed by atoms with van der Waals surface area (Å²) in [6, 6.07) is 0.480. The first-order chi connectivity index (χ1) is 9.72. The van der Waals surface area contributed by atoms with Crippen molar-refractivity contribution in [1.82, 2.24) is 19.9 Å². The summed E-state index contributed by atoms with van der Waals surface area (Å²) in [5.41, 5.74) is 2.02. The van der Waals surface area contributed by atoms with Gasteiger partial charge in [0.1, 0.15) is 0 Å². The first-order valence-electron chi connectivity index (χ1n) is 6.88. The van der Waals surface area contributed by atoms with Gasteiger partial charge in [-0.15, -0.1) is 11.3 Å². The SMILES string of the molecule is Cc1cnc(CN2CCN(c3nccs3)[C@@H](C)C2)cn1. The third-order valence-electron chi connectivity index (χ3n) is 3.60. The minimum atomic E-state index is 0.480. The van der Waals surface area contributed by atoms with E-state index < -0.39 is 0 Å². The van der Waals surface area contributed by atoms with E-state index >= 15 is 0 Å². The molecule has 0 aromatic carbocycles. The lowest BCUT2D eigenvalue weighted by molar-refractivity contribution is 0.218. The molecular formula is C14H19N5S. The number of aromatic nitrogens is 3. The minimum absolute atomic E-state index is 0.480. The summed E-state index contributed by atoms with van der Waals surface area (Å²) in [5, 5.41) is 3.17. The molecule has 0 bridgehead atoms. The Kier molecular flexibility index (Phi) is 3.93. The van der Waals surface area contributed by atoms with Crippen LogP contribution in [0.25, 0.3) is 0 Å². The van der Waals surface area contributed by atoms with Crippen LogP contribution in [-0.2, 0) is 6.54 Å². The third-order valence-corrected chi connectivity index (χ3v) is 4.41. The Balaban J connectivity index is 1.61. The predicted molar refractivity (Wildman–Crippen MR) is 81.0 cm³/mol. The number of hydrogen-bond acceptors (Lipinski definition) is 6. The molecule has 0 unspecified atom stereocenters. The monoisotopic (exact) mass is 289 g/mol. The van der Waals surface area contributed by atoms with Gasteiger partial charge < -0.3 is 4.90 Å². The van der Waals surface area contributed by atoms with Gasteiger partial charge >= 0.3 is 0 Å². The molecular weight excluding hydrogens is 270 g/mol. The van der Waals surface area contributed by atoms with E-state index in [9.17, 15) is 0 Å². The van der Waals surface area contributed by atoms with Crippen LogP contribution in [0.3, 0.4) is 0 Å². The molecule has 2 aromatic rings. The van der Waals surface area contributed by atoms with Gasteiger partial charge in [0.25, 0.3) is 0 Å². The van der Waals surface area contributed by atoms with Crippen LogP contribution in [0.1, 0.15) is 18.3 Å².